The minimum atomic E-state index is -0.757. The standard InChI is InChI=1S/C18H15N3O6/c1-10(19-20-11-4-3-5-12(8-11)21(24)25)16-17(22)14-9-13(26-2)6-7-15(14)27-18(16)23/h3-9,20,22H,1-2H3/b19-10+. The number of nitro benzene ring substituents is 1. The first-order valence-electron chi connectivity index (χ1n) is 7.79. The molecule has 3 rings (SSSR count). The molecule has 3 aromatic rings. The van der Waals surface area contributed by atoms with Crippen LogP contribution in [0.25, 0.3) is 11.0 Å². The smallest absolute Gasteiger partial charge is 0.349 e. The minimum absolute atomic E-state index is 0.104. The van der Waals surface area contributed by atoms with Gasteiger partial charge in [-0.05, 0) is 31.2 Å². The van der Waals surface area contributed by atoms with Gasteiger partial charge in [-0.3, -0.25) is 15.5 Å². The van der Waals surface area contributed by atoms with Crippen molar-refractivity contribution in [1.29, 1.82) is 0 Å². The Hall–Kier alpha value is -3.88. The molecule has 0 saturated carbocycles. The van der Waals surface area contributed by atoms with Crippen molar-refractivity contribution in [3.63, 3.8) is 0 Å². The van der Waals surface area contributed by atoms with Gasteiger partial charge in [0.1, 0.15) is 22.6 Å². The van der Waals surface area contributed by atoms with Gasteiger partial charge in [0, 0.05) is 12.1 Å². The van der Waals surface area contributed by atoms with Crippen LogP contribution in [0.15, 0.2) is 56.8 Å². The van der Waals surface area contributed by atoms with E-state index >= 15 is 0 Å². The predicted molar refractivity (Wildman–Crippen MR) is 99.6 cm³/mol. The molecule has 0 unspecified atom stereocenters. The van der Waals surface area contributed by atoms with E-state index in [2.05, 4.69) is 10.5 Å². The summed E-state index contributed by atoms with van der Waals surface area (Å²) in [6.45, 7) is 1.50. The third-order valence-corrected chi connectivity index (χ3v) is 3.86. The number of nitrogens with one attached hydrogen (secondary N) is 1. The summed E-state index contributed by atoms with van der Waals surface area (Å²) in [5.41, 5.74) is 2.37. The van der Waals surface area contributed by atoms with E-state index in [1.165, 1.54) is 38.3 Å². The van der Waals surface area contributed by atoms with Crippen molar-refractivity contribution in [1.82, 2.24) is 0 Å². The van der Waals surface area contributed by atoms with Crippen LogP contribution in [0.5, 0.6) is 11.5 Å². The molecule has 27 heavy (non-hydrogen) atoms. The molecule has 2 aromatic carbocycles. The van der Waals surface area contributed by atoms with Gasteiger partial charge in [0.05, 0.1) is 28.8 Å². The molecule has 0 bridgehead atoms. The molecule has 1 aromatic heterocycles. The van der Waals surface area contributed by atoms with Crippen LogP contribution in [0, 0.1) is 10.1 Å². The Morgan fingerprint density at radius 2 is 2.07 bits per heavy atom. The second kappa shape index (κ2) is 7.16. The number of anilines is 1. The second-order valence-electron chi connectivity index (χ2n) is 5.59. The fourth-order valence-electron chi connectivity index (χ4n) is 2.50. The number of hydrogen-bond donors (Lipinski definition) is 2. The predicted octanol–water partition coefficient (Wildman–Crippen LogP) is 3.25. The molecule has 0 atom stereocenters. The molecule has 0 aliphatic heterocycles. The van der Waals surface area contributed by atoms with E-state index in [0.29, 0.717) is 16.8 Å². The van der Waals surface area contributed by atoms with Crippen LogP contribution in [-0.4, -0.2) is 22.9 Å². The maximum Gasteiger partial charge on any atom is 0.349 e. The maximum absolute atomic E-state index is 12.2. The van der Waals surface area contributed by atoms with Crippen LogP contribution < -0.4 is 15.8 Å². The number of aromatic hydroxyl groups is 1. The van der Waals surface area contributed by atoms with E-state index in [1.807, 2.05) is 0 Å². The summed E-state index contributed by atoms with van der Waals surface area (Å²) in [5.74, 6) is 0.198. The summed E-state index contributed by atoms with van der Waals surface area (Å²) >= 11 is 0. The van der Waals surface area contributed by atoms with Gasteiger partial charge < -0.3 is 14.3 Å². The summed E-state index contributed by atoms with van der Waals surface area (Å²) < 4.78 is 10.3. The van der Waals surface area contributed by atoms with E-state index in [1.54, 1.807) is 18.2 Å². The first kappa shape index (κ1) is 17.9. The van der Waals surface area contributed by atoms with Crippen molar-refractivity contribution in [2.24, 2.45) is 5.10 Å². The van der Waals surface area contributed by atoms with Gasteiger partial charge in [0.2, 0.25) is 0 Å². The number of nitrogens with zero attached hydrogens (tertiary/aromatic N) is 2. The van der Waals surface area contributed by atoms with E-state index in [-0.39, 0.29) is 28.3 Å². The van der Waals surface area contributed by atoms with Crippen LogP contribution in [0.2, 0.25) is 0 Å². The van der Waals surface area contributed by atoms with Crippen molar-refractivity contribution in [3.8, 4) is 11.5 Å². The zero-order valence-corrected chi connectivity index (χ0v) is 14.4. The zero-order chi connectivity index (χ0) is 19.6. The highest BCUT2D eigenvalue weighted by Gasteiger charge is 2.17. The SMILES string of the molecule is COc1ccc2oc(=O)c(/C(C)=N/Nc3cccc([N+](=O)[O-])c3)c(O)c2c1. The number of hydrazone groups is 1. The monoisotopic (exact) mass is 369 g/mol. The van der Waals surface area contributed by atoms with Gasteiger partial charge in [-0.25, -0.2) is 4.79 Å². The van der Waals surface area contributed by atoms with E-state index < -0.39 is 10.5 Å². The Morgan fingerprint density at radius 1 is 1.30 bits per heavy atom. The van der Waals surface area contributed by atoms with Crippen LogP contribution in [0.3, 0.4) is 0 Å². The van der Waals surface area contributed by atoms with Crippen LogP contribution in [-0.2, 0) is 0 Å². The molecule has 0 spiro atoms. The Morgan fingerprint density at radius 3 is 2.78 bits per heavy atom. The van der Waals surface area contributed by atoms with Gasteiger partial charge in [0.25, 0.3) is 5.69 Å². The molecule has 2 N–H and O–H groups in total. The number of ether oxygens (including phenoxy) is 1. The summed E-state index contributed by atoms with van der Waals surface area (Å²) in [5, 5.41) is 25.7. The fraction of sp³-hybridized carbons (Fsp3) is 0.111. The number of rotatable bonds is 5. The number of fused-ring (bicyclic) bond motifs is 1. The summed E-state index contributed by atoms with van der Waals surface area (Å²) in [6, 6.07) is 10.4. The Kier molecular flexibility index (Phi) is 4.75. The number of benzene rings is 2. The highest BCUT2D eigenvalue weighted by molar-refractivity contribution is 6.05. The first-order chi connectivity index (χ1) is 12.9. The summed E-state index contributed by atoms with van der Waals surface area (Å²) in [6.07, 6.45) is 0. The van der Waals surface area contributed by atoms with Crippen LogP contribution >= 0.6 is 0 Å². The van der Waals surface area contributed by atoms with Crippen molar-refractivity contribution in [2.45, 2.75) is 6.92 Å². The van der Waals surface area contributed by atoms with Crippen molar-refractivity contribution in [2.75, 3.05) is 12.5 Å². The second-order valence-corrected chi connectivity index (χ2v) is 5.59. The number of non-ortho nitro benzene ring substituents is 1. The topological polar surface area (TPSA) is 127 Å². The number of nitro groups is 1. The molecule has 9 heteroatoms. The molecular weight excluding hydrogens is 354 g/mol. The van der Waals surface area contributed by atoms with Crippen molar-refractivity contribution >= 4 is 28.1 Å². The van der Waals surface area contributed by atoms with Gasteiger partial charge in [-0.2, -0.15) is 5.10 Å². The molecule has 0 fully saturated rings. The number of hydrogen-bond acceptors (Lipinski definition) is 8. The van der Waals surface area contributed by atoms with Crippen LogP contribution in [0.1, 0.15) is 12.5 Å². The lowest BCUT2D eigenvalue weighted by Gasteiger charge is -2.08. The quantitative estimate of drug-likeness (QED) is 0.306. The Bertz CT molecular complexity index is 1120. The third kappa shape index (κ3) is 3.56. The van der Waals surface area contributed by atoms with E-state index in [0.717, 1.165) is 0 Å². The first-order valence-corrected chi connectivity index (χ1v) is 7.79. The summed E-state index contributed by atoms with van der Waals surface area (Å²) in [4.78, 5) is 22.5. The zero-order valence-electron chi connectivity index (χ0n) is 14.4. The molecule has 0 saturated heterocycles. The molecule has 1 heterocycles. The van der Waals surface area contributed by atoms with Crippen molar-refractivity contribution in [3.05, 3.63) is 68.6 Å². The molecular formula is C18H15N3O6. The van der Waals surface area contributed by atoms with Gasteiger partial charge in [-0.15, -0.1) is 0 Å². The molecule has 0 aliphatic rings. The average Bonchev–Trinajstić information content (AvgIpc) is 2.66. The van der Waals surface area contributed by atoms with Gasteiger partial charge in [-0.1, -0.05) is 6.07 Å². The highest BCUT2D eigenvalue weighted by atomic mass is 16.6. The van der Waals surface area contributed by atoms with Gasteiger partial charge >= 0.3 is 5.63 Å². The normalized spacial score (nSPS) is 11.4. The minimum Gasteiger partial charge on any atom is -0.506 e. The van der Waals surface area contributed by atoms with Crippen LogP contribution in [0.4, 0.5) is 11.4 Å². The number of methoxy groups -OCH3 is 1. The Balaban J connectivity index is 2.00. The lowest BCUT2D eigenvalue weighted by Crippen LogP contribution is -2.14. The third-order valence-electron chi connectivity index (χ3n) is 3.86. The average molecular weight is 369 g/mol. The lowest BCUT2D eigenvalue weighted by molar-refractivity contribution is -0.384. The summed E-state index contributed by atoms with van der Waals surface area (Å²) in [7, 11) is 1.48. The maximum atomic E-state index is 12.2. The van der Waals surface area contributed by atoms with Crippen molar-refractivity contribution < 1.29 is 19.2 Å². The molecule has 0 amide bonds. The lowest BCUT2D eigenvalue weighted by atomic mass is 10.1. The highest BCUT2D eigenvalue weighted by Crippen LogP contribution is 2.30. The largest absolute Gasteiger partial charge is 0.506 e. The Labute approximate surface area is 152 Å². The van der Waals surface area contributed by atoms with Gasteiger partial charge in [0.15, 0.2) is 0 Å². The molecule has 138 valence electrons. The fourth-order valence-corrected chi connectivity index (χ4v) is 2.50. The molecule has 0 radical (unpaired) electrons. The van der Waals surface area contributed by atoms with E-state index in [4.69, 9.17) is 9.15 Å². The molecule has 9 nitrogen and oxygen atoms in total. The molecule has 0 aliphatic carbocycles. The van der Waals surface area contributed by atoms with E-state index in [9.17, 15) is 20.0 Å².